The van der Waals surface area contributed by atoms with Gasteiger partial charge in [0.1, 0.15) is 16.9 Å². The maximum atomic E-state index is 12.9. The molecule has 0 saturated heterocycles. The lowest BCUT2D eigenvalue weighted by Crippen LogP contribution is -2.26. The summed E-state index contributed by atoms with van der Waals surface area (Å²) in [5.41, 5.74) is 5.28. The van der Waals surface area contributed by atoms with Crippen molar-refractivity contribution in [1.29, 1.82) is 0 Å². The summed E-state index contributed by atoms with van der Waals surface area (Å²) < 4.78 is 3.74. The first-order valence-corrected chi connectivity index (χ1v) is 9.77. The highest BCUT2D eigenvalue weighted by molar-refractivity contribution is 5.73. The van der Waals surface area contributed by atoms with Crippen LogP contribution in [0.1, 0.15) is 30.0 Å². The highest BCUT2D eigenvalue weighted by Gasteiger charge is 2.25. The van der Waals surface area contributed by atoms with Gasteiger partial charge < -0.3 is 4.98 Å². The van der Waals surface area contributed by atoms with Gasteiger partial charge >= 0.3 is 5.69 Å². The van der Waals surface area contributed by atoms with E-state index in [9.17, 15) is 4.79 Å². The Morgan fingerprint density at radius 3 is 2.90 bits per heavy atom. The summed E-state index contributed by atoms with van der Waals surface area (Å²) in [6.07, 6.45) is 8.40. The van der Waals surface area contributed by atoms with E-state index < -0.39 is 0 Å². The van der Waals surface area contributed by atoms with Crippen molar-refractivity contribution in [2.75, 3.05) is 0 Å². The Bertz CT molecular complexity index is 1430. The second-order valence-corrected chi connectivity index (χ2v) is 7.41. The quantitative estimate of drug-likeness (QED) is 0.508. The molecular formula is C22H18N6O. The fraction of sp³-hybridized carbons (Fsp3) is 0.182. The van der Waals surface area contributed by atoms with Crippen LogP contribution in [-0.2, 0) is 6.42 Å². The van der Waals surface area contributed by atoms with Crippen LogP contribution in [0.2, 0.25) is 0 Å². The smallest absolute Gasteiger partial charge is 0.303 e. The molecule has 1 aliphatic rings. The van der Waals surface area contributed by atoms with Crippen LogP contribution in [0, 0.1) is 0 Å². The van der Waals surface area contributed by atoms with E-state index in [4.69, 9.17) is 4.98 Å². The zero-order valence-electron chi connectivity index (χ0n) is 15.6. The lowest BCUT2D eigenvalue weighted by molar-refractivity contribution is 0.487. The Hall–Kier alpha value is -3.74. The topological polar surface area (TPSA) is 80.9 Å². The molecular weight excluding hydrogens is 364 g/mol. The number of aromatic nitrogens is 6. The van der Waals surface area contributed by atoms with Crippen molar-refractivity contribution in [1.82, 2.24) is 28.9 Å². The number of hydrogen-bond donors (Lipinski definition) is 1. The largest absolute Gasteiger partial charge is 0.328 e. The summed E-state index contributed by atoms with van der Waals surface area (Å²) >= 11 is 0. The molecule has 1 aromatic carbocycles. The number of fused-ring (bicyclic) bond motifs is 3. The van der Waals surface area contributed by atoms with Gasteiger partial charge in [-0.25, -0.2) is 19.7 Å². The maximum Gasteiger partial charge on any atom is 0.328 e. The van der Waals surface area contributed by atoms with Gasteiger partial charge in [-0.15, -0.1) is 0 Å². The molecule has 6 rings (SSSR count). The van der Waals surface area contributed by atoms with Crippen LogP contribution in [0.15, 0.2) is 65.8 Å². The summed E-state index contributed by atoms with van der Waals surface area (Å²) in [5, 5.41) is 0. The van der Waals surface area contributed by atoms with Crippen molar-refractivity contribution >= 4 is 16.8 Å². The van der Waals surface area contributed by atoms with E-state index in [0.29, 0.717) is 17.0 Å². The summed E-state index contributed by atoms with van der Waals surface area (Å²) in [5.74, 6) is 0.549. The van der Waals surface area contributed by atoms with Gasteiger partial charge in [0.25, 0.3) is 0 Å². The summed E-state index contributed by atoms with van der Waals surface area (Å²) in [7, 11) is 0. The van der Waals surface area contributed by atoms with Crippen molar-refractivity contribution < 1.29 is 0 Å². The number of rotatable bonds is 2. The highest BCUT2D eigenvalue weighted by atomic mass is 16.1. The molecule has 7 nitrogen and oxygen atoms in total. The predicted octanol–water partition coefficient (Wildman–Crippen LogP) is 3.36. The number of benzene rings is 1. The van der Waals surface area contributed by atoms with Crippen molar-refractivity contribution in [3.8, 4) is 11.5 Å². The molecule has 0 amide bonds. The fourth-order valence-electron chi connectivity index (χ4n) is 4.42. The lowest BCUT2D eigenvalue weighted by Gasteiger charge is -2.26. The zero-order chi connectivity index (χ0) is 19.4. The molecule has 0 radical (unpaired) electrons. The van der Waals surface area contributed by atoms with E-state index in [1.165, 1.54) is 11.1 Å². The molecule has 4 aromatic heterocycles. The SMILES string of the molecule is O=c1[nH]c2cnc(-c3cnc4ccccn34)nc2n1[C@H]1CCCc2ccccc21. The van der Waals surface area contributed by atoms with E-state index >= 15 is 0 Å². The first-order valence-electron chi connectivity index (χ1n) is 9.77. The third kappa shape index (κ3) is 2.44. The molecule has 5 aromatic rings. The number of nitrogens with zero attached hydrogens (tertiary/aromatic N) is 5. The Labute approximate surface area is 165 Å². The van der Waals surface area contributed by atoms with E-state index in [-0.39, 0.29) is 11.7 Å². The van der Waals surface area contributed by atoms with Crippen molar-refractivity contribution in [3.05, 3.63) is 82.7 Å². The molecule has 1 aliphatic carbocycles. The van der Waals surface area contributed by atoms with Crippen LogP contribution in [-0.4, -0.2) is 28.9 Å². The van der Waals surface area contributed by atoms with Crippen LogP contribution < -0.4 is 5.69 Å². The van der Waals surface area contributed by atoms with Crippen molar-refractivity contribution in [2.24, 2.45) is 0 Å². The van der Waals surface area contributed by atoms with E-state index in [0.717, 1.165) is 30.6 Å². The van der Waals surface area contributed by atoms with Crippen LogP contribution in [0.5, 0.6) is 0 Å². The highest BCUT2D eigenvalue weighted by Crippen LogP contribution is 2.33. The number of pyridine rings is 1. The molecule has 0 aliphatic heterocycles. The fourth-order valence-corrected chi connectivity index (χ4v) is 4.42. The number of hydrogen-bond acceptors (Lipinski definition) is 4. The van der Waals surface area contributed by atoms with Crippen LogP contribution in [0.25, 0.3) is 28.3 Å². The van der Waals surface area contributed by atoms with Gasteiger partial charge in [0.05, 0.1) is 18.4 Å². The van der Waals surface area contributed by atoms with Gasteiger partial charge in [0.15, 0.2) is 11.5 Å². The Kier molecular flexibility index (Phi) is 3.43. The van der Waals surface area contributed by atoms with Gasteiger partial charge in [0, 0.05) is 6.20 Å². The van der Waals surface area contributed by atoms with E-state index in [1.54, 1.807) is 17.0 Å². The van der Waals surface area contributed by atoms with E-state index in [1.807, 2.05) is 34.9 Å². The minimum atomic E-state index is -0.147. The monoisotopic (exact) mass is 382 g/mol. The number of H-pyrrole nitrogens is 1. The molecule has 0 fully saturated rings. The predicted molar refractivity (Wildman–Crippen MR) is 110 cm³/mol. The van der Waals surface area contributed by atoms with E-state index in [2.05, 4.69) is 33.2 Å². The standard InChI is InChI=1S/C22H18N6O/c29-22-25-16-12-24-20(18-13-23-19-10-3-4-11-27(18)19)26-21(16)28(22)17-9-5-7-14-6-1-2-8-15(14)17/h1-4,6,8,10-13,17H,5,7,9H2,(H,25,29)/t17-/m0/s1. The summed E-state index contributed by atoms with van der Waals surface area (Å²) in [6, 6.07) is 14.2. The van der Waals surface area contributed by atoms with Crippen LogP contribution in [0.4, 0.5) is 0 Å². The molecule has 7 heteroatoms. The van der Waals surface area contributed by atoms with Gasteiger partial charge in [0.2, 0.25) is 0 Å². The molecule has 29 heavy (non-hydrogen) atoms. The molecule has 0 saturated carbocycles. The molecule has 0 unspecified atom stereocenters. The minimum Gasteiger partial charge on any atom is -0.303 e. The molecule has 0 bridgehead atoms. The molecule has 142 valence electrons. The van der Waals surface area contributed by atoms with Gasteiger partial charge in [-0.05, 0) is 42.5 Å². The lowest BCUT2D eigenvalue weighted by atomic mass is 9.87. The number of imidazole rings is 2. The van der Waals surface area contributed by atoms with Crippen LogP contribution in [0.3, 0.4) is 0 Å². The second kappa shape index (κ2) is 6.13. The van der Waals surface area contributed by atoms with Gasteiger partial charge in [-0.1, -0.05) is 30.3 Å². The third-order valence-electron chi connectivity index (χ3n) is 5.75. The average molecular weight is 382 g/mol. The average Bonchev–Trinajstić information content (AvgIpc) is 3.33. The first-order chi connectivity index (χ1) is 14.3. The van der Waals surface area contributed by atoms with Gasteiger partial charge in [-0.3, -0.25) is 8.97 Å². The third-order valence-corrected chi connectivity index (χ3v) is 5.75. The number of aryl methyl sites for hydroxylation is 1. The molecule has 4 heterocycles. The summed E-state index contributed by atoms with van der Waals surface area (Å²) in [4.78, 5) is 29.5. The maximum absolute atomic E-state index is 12.9. The van der Waals surface area contributed by atoms with Crippen molar-refractivity contribution in [2.45, 2.75) is 25.3 Å². The normalized spacial score (nSPS) is 16.3. The minimum absolute atomic E-state index is 0.0221. The number of aromatic amines is 1. The zero-order valence-corrected chi connectivity index (χ0v) is 15.6. The van der Waals surface area contributed by atoms with Crippen LogP contribution >= 0.6 is 0 Å². The Morgan fingerprint density at radius 2 is 1.93 bits per heavy atom. The number of nitrogens with one attached hydrogen (secondary N) is 1. The first kappa shape index (κ1) is 16.2. The van der Waals surface area contributed by atoms with Crippen molar-refractivity contribution in [3.63, 3.8) is 0 Å². The molecule has 1 N–H and O–H groups in total. The van der Waals surface area contributed by atoms with Gasteiger partial charge in [-0.2, -0.15) is 0 Å². The Morgan fingerprint density at radius 1 is 1.03 bits per heavy atom. The summed E-state index contributed by atoms with van der Waals surface area (Å²) in [6.45, 7) is 0. The second-order valence-electron chi connectivity index (χ2n) is 7.41. The Balaban J connectivity index is 1.57. The molecule has 1 atom stereocenters. The molecule has 0 spiro atoms.